The van der Waals surface area contributed by atoms with Gasteiger partial charge >= 0.3 is 0 Å². The van der Waals surface area contributed by atoms with Crippen molar-refractivity contribution in [3.63, 3.8) is 0 Å². The van der Waals surface area contributed by atoms with Crippen molar-refractivity contribution in [2.24, 2.45) is 5.73 Å². The fraction of sp³-hybridized carbons (Fsp3) is 0.294. The van der Waals surface area contributed by atoms with E-state index in [1.165, 1.54) is 0 Å². The molecular formula is C17H18BrNO2. The number of benzene rings is 2. The van der Waals surface area contributed by atoms with Gasteiger partial charge in [-0.3, -0.25) is 0 Å². The van der Waals surface area contributed by atoms with Gasteiger partial charge in [-0.15, -0.1) is 0 Å². The lowest BCUT2D eigenvalue weighted by Crippen LogP contribution is -2.24. The molecule has 0 saturated carbocycles. The van der Waals surface area contributed by atoms with Crippen molar-refractivity contribution in [2.45, 2.75) is 25.5 Å². The topological polar surface area (TPSA) is 44.5 Å². The van der Waals surface area contributed by atoms with Crippen LogP contribution in [-0.2, 0) is 0 Å². The maximum Gasteiger partial charge on any atom is 0.126 e. The summed E-state index contributed by atoms with van der Waals surface area (Å²) in [5.74, 6) is 1.72. The summed E-state index contributed by atoms with van der Waals surface area (Å²) in [6.07, 6.45) is 0.728. The normalized spacial score (nSPS) is 20.5. The van der Waals surface area contributed by atoms with Gasteiger partial charge in [-0.25, -0.2) is 0 Å². The van der Waals surface area contributed by atoms with Crippen LogP contribution in [0, 0.1) is 0 Å². The second-order valence-corrected chi connectivity index (χ2v) is 6.05. The molecule has 3 rings (SSSR count). The summed E-state index contributed by atoms with van der Waals surface area (Å²) in [6, 6.07) is 14.0. The van der Waals surface area contributed by atoms with Crippen molar-refractivity contribution in [3.05, 3.63) is 58.1 Å². The molecule has 0 fully saturated rings. The Kier molecular flexibility index (Phi) is 4.17. The number of ether oxygens (including phenoxy) is 2. The van der Waals surface area contributed by atoms with Crippen LogP contribution in [0.1, 0.15) is 36.6 Å². The highest BCUT2D eigenvalue weighted by Crippen LogP contribution is 2.41. The number of hydrogen-bond acceptors (Lipinski definition) is 3. The zero-order valence-electron chi connectivity index (χ0n) is 11.9. The molecular weight excluding hydrogens is 330 g/mol. The molecule has 21 heavy (non-hydrogen) atoms. The van der Waals surface area contributed by atoms with E-state index in [-0.39, 0.29) is 12.1 Å². The lowest BCUT2D eigenvalue weighted by molar-refractivity contribution is 0.161. The van der Waals surface area contributed by atoms with E-state index in [1.807, 2.05) is 43.3 Å². The highest BCUT2D eigenvalue weighted by atomic mass is 79.9. The average molecular weight is 348 g/mol. The first-order valence-electron chi connectivity index (χ1n) is 7.12. The van der Waals surface area contributed by atoms with E-state index >= 15 is 0 Å². The number of rotatable bonds is 3. The first-order valence-corrected chi connectivity index (χ1v) is 7.91. The van der Waals surface area contributed by atoms with Crippen LogP contribution in [0.15, 0.2) is 46.9 Å². The zero-order chi connectivity index (χ0) is 14.8. The summed E-state index contributed by atoms with van der Waals surface area (Å²) < 4.78 is 12.7. The number of fused-ring (bicyclic) bond motifs is 1. The first kappa shape index (κ1) is 14.4. The van der Waals surface area contributed by atoms with Gasteiger partial charge in [0.2, 0.25) is 0 Å². The molecule has 0 spiro atoms. The third kappa shape index (κ3) is 3.06. The highest BCUT2D eigenvalue weighted by Gasteiger charge is 2.27. The van der Waals surface area contributed by atoms with Crippen molar-refractivity contribution < 1.29 is 9.47 Å². The van der Waals surface area contributed by atoms with Gasteiger partial charge in [0.15, 0.2) is 0 Å². The van der Waals surface area contributed by atoms with Gasteiger partial charge in [-0.05, 0) is 36.8 Å². The van der Waals surface area contributed by atoms with E-state index in [2.05, 4.69) is 22.0 Å². The van der Waals surface area contributed by atoms with Crippen LogP contribution in [0.2, 0.25) is 0 Å². The van der Waals surface area contributed by atoms with Gasteiger partial charge in [-0.1, -0.05) is 34.1 Å². The highest BCUT2D eigenvalue weighted by molar-refractivity contribution is 9.10. The molecule has 2 atom stereocenters. The van der Waals surface area contributed by atoms with E-state index < -0.39 is 0 Å². The third-order valence-electron chi connectivity index (χ3n) is 3.65. The molecule has 0 bridgehead atoms. The number of hydrogen-bond donors (Lipinski definition) is 1. The van der Waals surface area contributed by atoms with E-state index in [0.29, 0.717) is 6.61 Å². The molecule has 0 aliphatic carbocycles. The van der Waals surface area contributed by atoms with Crippen molar-refractivity contribution in [1.82, 2.24) is 0 Å². The molecule has 0 amide bonds. The Labute approximate surface area is 133 Å². The Morgan fingerprint density at radius 3 is 2.95 bits per heavy atom. The molecule has 1 unspecified atom stereocenters. The smallest absolute Gasteiger partial charge is 0.126 e. The monoisotopic (exact) mass is 347 g/mol. The van der Waals surface area contributed by atoms with Crippen molar-refractivity contribution in [3.8, 4) is 11.5 Å². The molecule has 110 valence electrons. The van der Waals surface area contributed by atoms with Crippen molar-refractivity contribution >= 4 is 15.9 Å². The molecule has 1 heterocycles. The van der Waals surface area contributed by atoms with Crippen LogP contribution >= 0.6 is 15.9 Å². The summed E-state index contributed by atoms with van der Waals surface area (Å²) in [6.45, 7) is 2.64. The summed E-state index contributed by atoms with van der Waals surface area (Å²) >= 11 is 3.48. The standard InChI is InChI=1S/C17H18BrNO2/c1-2-20-13-5-3-4-11(8-13)16-10-15(19)14-7-6-12(18)9-17(14)21-16/h3-9,15-16H,2,10,19H2,1H3/t15-,16?/m1/s1. The molecule has 0 radical (unpaired) electrons. The molecule has 2 N–H and O–H groups in total. The second-order valence-electron chi connectivity index (χ2n) is 5.14. The third-order valence-corrected chi connectivity index (χ3v) is 4.15. The molecule has 0 aromatic heterocycles. The number of nitrogens with two attached hydrogens (primary N) is 1. The summed E-state index contributed by atoms with van der Waals surface area (Å²) in [4.78, 5) is 0. The molecule has 1 aliphatic heterocycles. The fourth-order valence-electron chi connectivity index (χ4n) is 2.65. The quantitative estimate of drug-likeness (QED) is 0.896. The van der Waals surface area contributed by atoms with Crippen molar-refractivity contribution in [2.75, 3.05) is 6.61 Å². The minimum absolute atomic E-state index is 0.0115. The Balaban J connectivity index is 1.89. The zero-order valence-corrected chi connectivity index (χ0v) is 13.5. The lowest BCUT2D eigenvalue weighted by atomic mass is 9.93. The van der Waals surface area contributed by atoms with Crippen LogP contribution in [-0.4, -0.2) is 6.61 Å². The lowest BCUT2D eigenvalue weighted by Gasteiger charge is -2.30. The minimum atomic E-state index is -0.0396. The Morgan fingerprint density at radius 2 is 2.14 bits per heavy atom. The molecule has 3 nitrogen and oxygen atoms in total. The Morgan fingerprint density at radius 1 is 1.29 bits per heavy atom. The number of halogens is 1. The summed E-state index contributed by atoms with van der Waals surface area (Å²) in [7, 11) is 0. The predicted molar refractivity (Wildman–Crippen MR) is 86.7 cm³/mol. The van der Waals surface area contributed by atoms with Crippen LogP contribution < -0.4 is 15.2 Å². The average Bonchev–Trinajstić information content (AvgIpc) is 2.47. The van der Waals surface area contributed by atoms with Crippen LogP contribution in [0.3, 0.4) is 0 Å². The summed E-state index contributed by atoms with van der Waals surface area (Å²) in [5.41, 5.74) is 8.46. The van der Waals surface area contributed by atoms with Crippen molar-refractivity contribution in [1.29, 1.82) is 0 Å². The molecule has 2 aromatic rings. The van der Waals surface area contributed by atoms with Gasteiger partial charge in [0.05, 0.1) is 6.61 Å². The second kappa shape index (κ2) is 6.08. The van der Waals surface area contributed by atoms with Gasteiger partial charge in [0, 0.05) is 22.5 Å². The predicted octanol–water partition coefficient (Wildman–Crippen LogP) is 4.37. The molecule has 1 aliphatic rings. The SMILES string of the molecule is CCOc1cccc(C2C[C@@H](N)c3ccc(Br)cc3O2)c1. The van der Waals surface area contributed by atoms with Crippen LogP contribution in [0.5, 0.6) is 11.5 Å². The molecule has 2 aromatic carbocycles. The van der Waals surface area contributed by atoms with Gasteiger partial charge in [0.25, 0.3) is 0 Å². The Bertz CT molecular complexity index is 644. The van der Waals surface area contributed by atoms with E-state index in [1.54, 1.807) is 0 Å². The Hall–Kier alpha value is -1.52. The summed E-state index contributed by atoms with van der Waals surface area (Å²) in [5, 5.41) is 0. The van der Waals surface area contributed by atoms with E-state index in [4.69, 9.17) is 15.2 Å². The van der Waals surface area contributed by atoms with Gasteiger partial charge in [0.1, 0.15) is 17.6 Å². The largest absolute Gasteiger partial charge is 0.494 e. The van der Waals surface area contributed by atoms with Gasteiger partial charge in [-0.2, -0.15) is 0 Å². The fourth-order valence-corrected chi connectivity index (χ4v) is 2.99. The maximum atomic E-state index is 6.29. The van der Waals surface area contributed by atoms with Crippen LogP contribution in [0.4, 0.5) is 0 Å². The van der Waals surface area contributed by atoms with Gasteiger partial charge < -0.3 is 15.2 Å². The molecule has 0 saturated heterocycles. The maximum absolute atomic E-state index is 6.29. The van der Waals surface area contributed by atoms with E-state index in [9.17, 15) is 0 Å². The first-order chi connectivity index (χ1) is 10.2. The minimum Gasteiger partial charge on any atom is -0.494 e. The molecule has 4 heteroatoms. The van der Waals surface area contributed by atoms with E-state index in [0.717, 1.165) is 33.5 Å². The van der Waals surface area contributed by atoms with Crippen LogP contribution in [0.25, 0.3) is 0 Å².